The summed E-state index contributed by atoms with van der Waals surface area (Å²) >= 11 is 0. The second kappa shape index (κ2) is 6.74. The SMILES string of the molecule is [C-]#[N+]c1ccc2[nH]cc(C3CC3CN(C)CCc3ccccc3)c2c1. The number of H-pyrrole nitrogens is 1. The second-order valence-corrected chi connectivity index (χ2v) is 7.19. The van der Waals surface area contributed by atoms with E-state index >= 15 is 0 Å². The summed E-state index contributed by atoms with van der Waals surface area (Å²) in [5.41, 5.74) is 4.67. The van der Waals surface area contributed by atoms with Crippen LogP contribution in [0, 0.1) is 12.5 Å². The molecule has 2 atom stereocenters. The summed E-state index contributed by atoms with van der Waals surface area (Å²) in [6.07, 6.45) is 4.51. The minimum atomic E-state index is 0.633. The molecule has 1 fully saturated rings. The lowest BCUT2D eigenvalue weighted by Gasteiger charge is -2.16. The van der Waals surface area contributed by atoms with Gasteiger partial charge in [0.2, 0.25) is 0 Å². The number of nitrogens with one attached hydrogen (secondary N) is 1. The Kier molecular flexibility index (Phi) is 4.29. The molecule has 1 saturated carbocycles. The Morgan fingerprint density at radius 3 is 2.84 bits per heavy atom. The monoisotopic (exact) mass is 329 g/mol. The number of aromatic amines is 1. The fraction of sp³-hybridized carbons (Fsp3) is 0.318. The molecule has 25 heavy (non-hydrogen) atoms. The highest BCUT2D eigenvalue weighted by Gasteiger charge is 2.39. The van der Waals surface area contributed by atoms with Gasteiger partial charge in [-0.3, -0.25) is 0 Å². The summed E-state index contributed by atoms with van der Waals surface area (Å²) in [5, 5.41) is 1.23. The molecule has 1 aliphatic rings. The van der Waals surface area contributed by atoms with E-state index in [4.69, 9.17) is 6.57 Å². The van der Waals surface area contributed by atoms with Gasteiger partial charge >= 0.3 is 0 Å². The van der Waals surface area contributed by atoms with Gasteiger partial charge < -0.3 is 9.88 Å². The Labute approximate surface area is 149 Å². The molecule has 1 N–H and O–H groups in total. The van der Waals surface area contributed by atoms with Crippen molar-refractivity contribution in [3.8, 4) is 0 Å². The Morgan fingerprint density at radius 2 is 2.04 bits per heavy atom. The lowest BCUT2D eigenvalue weighted by molar-refractivity contribution is 0.322. The van der Waals surface area contributed by atoms with Gasteiger partial charge in [0.1, 0.15) is 0 Å². The van der Waals surface area contributed by atoms with E-state index in [0.29, 0.717) is 5.92 Å². The van der Waals surface area contributed by atoms with Crippen LogP contribution in [0.4, 0.5) is 5.69 Å². The Balaban J connectivity index is 1.37. The Morgan fingerprint density at radius 1 is 1.20 bits per heavy atom. The van der Waals surface area contributed by atoms with Crippen molar-refractivity contribution in [1.29, 1.82) is 0 Å². The number of nitrogens with zero attached hydrogens (tertiary/aromatic N) is 2. The third-order valence-electron chi connectivity index (χ3n) is 5.32. The summed E-state index contributed by atoms with van der Waals surface area (Å²) in [6.45, 7) is 9.47. The van der Waals surface area contributed by atoms with Crippen molar-refractivity contribution in [2.24, 2.45) is 5.92 Å². The molecule has 1 aromatic heterocycles. The first-order valence-corrected chi connectivity index (χ1v) is 8.95. The van der Waals surface area contributed by atoms with Gasteiger partial charge in [0.05, 0.1) is 6.57 Å². The largest absolute Gasteiger partial charge is 0.361 e. The Bertz CT molecular complexity index is 904. The number of rotatable bonds is 6. The van der Waals surface area contributed by atoms with Crippen LogP contribution in [0.1, 0.15) is 23.5 Å². The van der Waals surface area contributed by atoms with E-state index in [0.717, 1.165) is 36.6 Å². The van der Waals surface area contributed by atoms with Gasteiger partial charge in [-0.15, -0.1) is 0 Å². The molecule has 2 aromatic carbocycles. The van der Waals surface area contributed by atoms with Crippen LogP contribution >= 0.6 is 0 Å². The van der Waals surface area contributed by atoms with Gasteiger partial charge in [-0.05, 0) is 60.4 Å². The van der Waals surface area contributed by atoms with Crippen LogP contribution in [-0.4, -0.2) is 30.0 Å². The summed E-state index contributed by atoms with van der Waals surface area (Å²) in [4.78, 5) is 9.39. The van der Waals surface area contributed by atoms with Crippen molar-refractivity contribution < 1.29 is 0 Å². The van der Waals surface area contributed by atoms with Crippen LogP contribution in [-0.2, 0) is 6.42 Å². The zero-order chi connectivity index (χ0) is 17.2. The van der Waals surface area contributed by atoms with Gasteiger partial charge in [-0.2, -0.15) is 0 Å². The number of likely N-dealkylation sites (N-methyl/N-ethyl adjacent to an activating group) is 1. The van der Waals surface area contributed by atoms with Gasteiger partial charge in [0.25, 0.3) is 0 Å². The van der Waals surface area contributed by atoms with Gasteiger partial charge in [-0.25, -0.2) is 4.85 Å². The molecule has 1 aliphatic carbocycles. The summed E-state index contributed by atoms with van der Waals surface area (Å²) in [6, 6.07) is 16.6. The van der Waals surface area contributed by atoms with Crippen molar-refractivity contribution >= 4 is 16.6 Å². The number of hydrogen-bond acceptors (Lipinski definition) is 1. The van der Waals surface area contributed by atoms with Crippen LogP contribution in [0.5, 0.6) is 0 Å². The van der Waals surface area contributed by atoms with E-state index in [9.17, 15) is 0 Å². The highest BCUT2D eigenvalue weighted by molar-refractivity contribution is 5.87. The molecule has 2 unspecified atom stereocenters. The van der Waals surface area contributed by atoms with Gasteiger partial charge in [0.15, 0.2) is 5.69 Å². The maximum Gasteiger partial charge on any atom is 0.187 e. The molecule has 3 nitrogen and oxygen atoms in total. The zero-order valence-electron chi connectivity index (χ0n) is 14.6. The van der Waals surface area contributed by atoms with Crippen molar-refractivity contribution in [3.05, 3.63) is 77.3 Å². The molecule has 0 aliphatic heterocycles. The highest BCUT2D eigenvalue weighted by atomic mass is 15.1. The predicted octanol–water partition coefficient (Wildman–Crippen LogP) is 5.00. The quantitative estimate of drug-likeness (QED) is 0.632. The third kappa shape index (κ3) is 3.45. The van der Waals surface area contributed by atoms with Crippen molar-refractivity contribution in [2.45, 2.75) is 18.8 Å². The molecule has 0 spiro atoms. The number of fused-ring (bicyclic) bond motifs is 1. The maximum atomic E-state index is 7.22. The molecular weight excluding hydrogens is 306 g/mol. The second-order valence-electron chi connectivity index (χ2n) is 7.19. The smallest absolute Gasteiger partial charge is 0.187 e. The lowest BCUT2D eigenvalue weighted by Crippen LogP contribution is -2.24. The third-order valence-corrected chi connectivity index (χ3v) is 5.32. The van der Waals surface area contributed by atoms with Crippen LogP contribution in [0.15, 0.2) is 54.7 Å². The number of aromatic nitrogens is 1. The fourth-order valence-electron chi connectivity index (χ4n) is 3.79. The van der Waals surface area contributed by atoms with Crippen LogP contribution in [0.2, 0.25) is 0 Å². The Hall–Kier alpha value is -2.57. The standard InChI is InChI=1S/C22H23N3/c1-23-18-8-9-22-20(13-18)21(14-24-22)19-12-17(19)15-25(2)11-10-16-6-4-3-5-7-16/h3-9,13-14,17,19,24H,10-12,15H2,2H3. The molecule has 0 amide bonds. The van der Waals surface area contributed by atoms with E-state index in [1.54, 1.807) is 0 Å². The van der Waals surface area contributed by atoms with Gasteiger partial charge in [-0.1, -0.05) is 36.4 Å². The molecule has 3 heteroatoms. The van der Waals surface area contributed by atoms with E-state index in [2.05, 4.69) is 58.3 Å². The summed E-state index contributed by atoms with van der Waals surface area (Å²) in [7, 11) is 2.23. The molecule has 0 bridgehead atoms. The number of benzene rings is 2. The lowest BCUT2D eigenvalue weighted by atomic mass is 10.1. The van der Waals surface area contributed by atoms with Crippen LogP contribution in [0.25, 0.3) is 15.7 Å². The molecule has 0 radical (unpaired) electrons. The molecule has 0 saturated heterocycles. The van der Waals surface area contributed by atoms with E-state index < -0.39 is 0 Å². The normalized spacial score (nSPS) is 19.2. The summed E-state index contributed by atoms with van der Waals surface area (Å²) in [5.74, 6) is 1.37. The fourth-order valence-corrected chi connectivity index (χ4v) is 3.79. The molecule has 3 aromatic rings. The van der Waals surface area contributed by atoms with Crippen LogP contribution in [0.3, 0.4) is 0 Å². The topological polar surface area (TPSA) is 23.4 Å². The first-order valence-electron chi connectivity index (χ1n) is 8.95. The molecule has 126 valence electrons. The van der Waals surface area contributed by atoms with Crippen molar-refractivity contribution in [1.82, 2.24) is 9.88 Å². The van der Waals surface area contributed by atoms with E-state index in [1.807, 2.05) is 18.2 Å². The average Bonchev–Trinajstić information content (AvgIpc) is 3.27. The summed E-state index contributed by atoms with van der Waals surface area (Å²) < 4.78 is 0. The van der Waals surface area contributed by atoms with E-state index in [1.165, 1.54) is 22.9 Å². The number of hydrogen-bond donors (Lipinski definition) is 1. The molecular formula is C22H23N3. The van der Waals surface area contributed by atoms with Gasteiger partial charge in [0, 0.05) is 24.8 Å². The maximum absolute atomic E-state index is 7.22. The minimum Gasteiger partial charge on any atom is -0.361 e. The van der Waals surface area contributed by atoms with Crippen molar-refractivity contribution in [2.75, 3.05) is 20.1 Å². The van der Waals surface area contributed by atoms with Crippen LogP contribution < -0.4 is 0 Å². The first kappa shape index (κ1) is 15.9. The van der Waals surface area contributed by atoms with E-state index in [-0.39, 0.29) is 0 Å². The average molecular weight is 329 g/mol. The molecule has 4 rings (SSSR count). The zero-order valence-corrected chi connectivity index (χ0v) is 14.6. The molecule has 1 heterocycles. The van der Waals surface area contributed by atoms with Crippen molar-refractivity contribution in [3.63, 3.8) is 0 Å². The first-order chi connectivity index (χ1) is 12.2. The minimum absolute atomic E-state index is 0.633. The predicted molar refractivity (Wildman–Crippen MR) is 103 cm³/mol. The highest BCUT2D eigenvalue weighted by Crippen LogP contribution is 2.50.